The maximum atomic E-state index is 9.61. The summed E-state index contributed by atoms with van der Waals surface area (Å²) < 4.78 is 0. The van der Waals surface area contributed by atoms with Crippen LogP contribution in [0, 0.1) is 22.8 Å². The van der Waals surface area contributed by atoms with Crippen LogP contribution in [-0.2, 0) is 11.8 Å². The summed E-state index contributed by atoms with van der Waals surface area (Å²) in [5.41, 5.74) is 3.61. The number of fused-ring (bicyclic) bond motifs is 2. The van der Waals surface area contributed by atoms with Crippen LogP contribution in [0.4, 0.5) is 0 Å². The van der Waals surface area contributed by atoms with Gasteiger partial charge in [-0.1, -0.05) is 36.4 Å². The maximum Gasteiger partial charge on any atom is 0.179 e. The average molecular weight is 276 g/mol. The third kappa shape index (κ3) is 1.20. The predicted molar refractivity (Wildman–Crippen MR) is 81.5 cm³/mol. The smallest absolute Gasteiger partial charge is 0.179 e. The van der Waals surface area contributed by atoms with Crippen molar-refractivity contribution in [1.82, 2.24) is 4.90 Å². The summed E-state index contributed by atoms with van der Waals surface area (Å²) in [4.78, 5) is 2.09. The van der Waals surface area contributed by atoms with Gasteiger partial charge in [-0.05, 0) is 49.1 Å². The van der Waals surface area contributed by atoms with Gasteiger partial charge in [0.05, 0.1) is 6.04 Å². The zero-order valence-corrected chi connectivity index (χ0v) is 12.3. The van der Waals surface area contributed by atoms with Gasteiger partial charge in [0.15, 0.2) is 6.19 Å². The van der Waals surface area contributed by atoms with E-state index in [1.165, 1.54) is 24.8 Å². The van der Waals surface area contributed by atoms with Crippen LogP contribution in [0.15, 0.2) is 36.4 Å². The molecule has 0 radical (unpaired) electrons. The van der Waals surface area contributed by atoms with Crippen molar-refractivity contribution < 1.29 is 0 Å². The molecule has 1 unspecified atom stereocenters. The van der Waals surface area contributed by atoms with E-state index in [2.05, 4.69) is 47.5 Å². The molecular formula is C19H20N2. The molecule has 21 heavy (non-hydrogen) atoms. The standard InChI is InChI=1S/C19H20N2/c20-13-21-10-9-19-12-14-5-7-18(19,8-6-14)17(21)11-15-3-1-2-4-16(15)19/h1-5,7,14,17H,6,8-12H2/t14?,17-,18-,19-/m1/s1. The maximum absolute atomic E-state index is 9.61. The number of hydrogen-bond donors (Lipinski definition) is 0. The second kappa shape index (κ2) is 3.71. The summed E-state index contributed by atoms with van der Waals surface area (Å²) in [6, 6.07) is 9.43. The van der Waals surface area contributed by atoms with Crippen molar-refractivity contribution in [2.75, 3.05) is 6.54 Å². The summed E-state index contributed by atoms with van der Waals surface area (Å²) in [6.07, 6.45) is 13.6. The second-order valence-corrected chi connectivity index (χ2v) is 7.40. The quantitative estimate of drug-likeness (QED) is 0.536. The molecule has 1 aromatic rings. The molecule has 2 nitrogen and oxygen atoms in total. The Hall–Kier alpha value is -1.75. The molecule has 4 aliphatic carbocycles. The molecule has 1 saturated carbocycles. The van der Waals surface area contributed by atoms with E-state index in [0.717, 1.165) is 25.3 Å². The van der Waals surface area contributed by atoms with Crippen molar-refractivity contribution in [2.45, 2.75) is 43.6 Å². The Kier molecular flexibility index (Phi) is 2.10. The minimum absolute atomic E-state index is 0.212. The third-order valence-electron chi connectivity index (χ3n) is 6.92. The van der Waals surface area contributed by atoms with Gasteiger partial charge in [0.2, 0.25) is 0 Å². The molecule has 1 spiro atoms. The fourth-order valence-electron chi connectivity index (χ4n) is 6.08. The van der Waals surface area contributed by atoms with Crippen molar-refractivity contribution in [3.63, 3.8) is 0 Å². The van der Waals surface area contributed by atoms with E-state index in [-0.39, 0.29) is 5.41 Å². The van der Waals surface area contributed by atoms with Gasteiger partial charge in [0, 0.05) is 17.4 Å². The molecule has 2 fully saturated rings. The van der Waals surface area contributed by atoms with Crippen LogP contribution < -0.4 is 0 Å². The van der Waals surface area contributed by atoms with Crippen molar-refractivity contribution in [2.24, 2.45) is 11.3 Å². The van der Waals surface area contributed by atoms with E-state index in [4.69, 9.17) is 0 Å². The van der Waals surface area contributed by atoms with E-state index in [1.54, 1.807) is 5.56 Å². The number of piperidine rings is 1. The lowest BCUT2D eigenvalue weighted by Crippen LogP contribution is -2.68. The van der Waals surface area contributed by atoms with Crippen molar-refractivity contribution in [3.8, 4) is 6.19 Å². The first-order valence-electron chi connectivity index (χ1n) is 8.23. The molecule has 1 saturated heterocycles. The van der Waals surface area contributed by atoms with Crippen molar-refractivity contribution >= 4 is 0 Å². The molecule has 0 aromatic heterocycles. The lowest BCUT2D eigenvalue weighted by atomic mass is 9.40. The Morgan fingerprint density at radius 3 is 2.95 bits per heavy atom. The fraction of sp³-hybridized carbons (Fsp3) is 0.526. The number of rotatable bonds is 0. The topological polar surface area (TPSA) is 27.0 Å². The summed E-state index contributed by atoms with van der Waals surface area (Å²) >= 11 is 0. The zero-order chi connectivity index (χ0) is 14.1. The molecule has 5 aliphatic rings. The molecule has 4 atom stereocenters. The molecule has 106 valence electrons. The minimum atomic E-state index is 0.212. The van der Waals surface area contributed by atoms with Gasteiger partial charge in [0.1, 0.15) is 0 Å². The Bertz CT molecular complexity index is 685. The third-order valence-corrected chi connectivity index (χ3v) is 6.92. The van der Waals surface area contributed by atoms with E-state index in [0.29, 0.717) is 11.5 Å². The fourth-order valence-corrected chi connectivity index (χ4v) is 6.08. The summed E-state index contributed by atoms with van der Waals surface area (Å²) in [5.74, 6) is 0.757. The molecule has 6 rings (SSSR count). The van der Waals surface area contributed by atoms with Gasteiger partial charge >= 0.3 is 0 Å². The first-order chi connectivity index (χ1) is 10.3. The van der Waals surface area contributed by atoms with Crippen LogP contribution in [-0.4, -0.2) is 17.5 Å². The van der Waals surface area contributed by atoms with Crippen molar-refractivity contribution in [1.29, 1.82) is 5.26 Å². The number of likely N-dealkylation sites (tertiary alicyclic amines) is 1. The van der Waals surface area contributed by atoms with E-state index >= 15 is 0 Å². The van der Waals surface area contributed by atoms with Crippen LogP contribution >= 0.6 is 0 Å². The number of allylic oxidation sites excluding steroid dienone is 1. The van der Waals surface area contributed by atoms with E-state index < -0.39 is 0 Å². The van der Waals surface area contributed by atoms with Gasteiger partial charge in [-0.2, -0.15) is 5.26 Å². The van der Waals surface area contributed by atoms with E-state index in [1.807, 2.05) is 0 Å². The van der Waals surface area contributed by atoms with Crippen LogP contribution in [0.5, 0.6) is 0 Å². The molecule has 4 bridgehead atoms. The molecule has 1 aliphatic heterocycles. The average Bonchev–Trinajstić information content (AvgIpc) is 2.55. The second-order valence-electron chi connectivity index (χ2n) is 7.40. The van der Waals surface area contributed by atoms with Crippen LogP contribution in [0.1, 0.15) is 36.8 Å². The lowest BCUT2D eigenvalue weighted by Gasteiger charge is -2.67. The Balaban J connectivity index is 1.81. The highest BCUT2D eigenvalue weighted by Gasteiger charge is 2.65. The normalized spacial score (nSPS) is 42.1. The van der Waals surface area contributed by atoms with Gasteiger partial charge in [-0.25, -0.2) is 0 Å². The number of hydrogen-bond acceptors (Lipinski definition) is 2. The highest BCUT2D eigenvalue weighted by molar-refractivity contribution is 5.48. The molecule has 1 aromatic carbocycles. The number of benzene rings is 1. The van der Waals surface area contributed by atoms with Crippen LogP contribution in [0.3, 0.4) is 0 Å². The zero-order valence-electron chi connectivity index (χ0n) is 12.3. The number of nitriles is 1. The first kappa shape index (κ1) is 11.9. The minimum Gasteiger partial charge on any atom is -0.306 e. The summed E-state index contributed by atoms with van der Waals surface area (Å²) in [7, 11) is 0. The predicted octanol–water partition coefficient (Wildman–Crippen LogP) is 3.39. The largest absolute Gasteiger partial charge is 0.306 e. The van der Waals surface area contributed by atoms with Crippen LogP contribution in [0.2, 0.25) is 0 Å². The summed E-state index contributed by atoms with van der Waals surface area (Å²) in [5, 5.41) is 9.61. The van der Waals surface area contributed by atoms with Crippen molar-refractivity contribution in [3.05, 3.63) is 47.5 Å². The van der Waals surface area contributed by atoms with Gasteiger partial charge in [0.25, 0.3) is 0 Å². The lowest BCUT2D eigenvalue weighted by molar-refractivity contribution is -0.0597. The Morgan fingerprint density at radius 2 is 2.14 bits per heavy atom. The molecular weight excluding hydrogens is 256 g/mol. The van der Waals surface area contributed by atoms with Gasteiger partial charge in [-0.3, -0.25) is 0 Å². The SMILES string of the molecule is N#CN1CC[C@]23CC4C=C[C@@]2(CC4)[C@H]1Cc1ccccc13. The highest BCUT2D eigenvalue weighted by atomic mass is 15.2. The molecule has 0 N–H and O–H groups in total. The van der Waals surface area contributed by atoms with Gasteiger partial charge < -0.3 is 4.90 Å². The molecule has 1 heterocycles. The van der Waals surface area contributed by atoms with E-state index in [9.17, 15) is 5.26 Å². The van der Waals surface area contributed by atoms with Gasteiger partial charge in [-0.15, -0.1) is 0 Å². The summed E-state index contributed by atoms with van der Waals surface area (Å²) in [6.45, 7) is 0.942. The Labute approximate surface area is 126 Å². The monoisotopic (exact) mass is 276 g/mol. The number of nitrogens with zero attached hydrogens (tertiary/aromatic N) is 2. The highest BCUT2D eigenvalue weighted by Crippen LogP contribution is 2.66. The molecule has 0 amide bonds. The molecule has 2 heteroatoms. The first-order valence-corrected chi connectivity index (χ1v) is 8.23. The Morgan fingerprint density at radius 1 is 1.24 bits per heavy atom. The van der Waals surface area contributed by atoms with Crippen LogP contribution in [0.25, 0.3) is 0 Å².